The van der Waals surface area contributed by atoms with Crippen molar-refractivity contribution in [2.75, 3.05) is 0 Å². The van der Waals surface area contributed by atoms with E-state index in [1.165, 1.54) is 0 Å². The van der Waals surface area contributed by atoms with Gasteiger partial charge in [-0.3, -0.25) is 9.59 Å². The van der Waals surface area contributed by atoms with Crippen LogP contribution in [0.3, 0.4) is 0 Å². The maximum absolute atomic E-state index is 12.3. The van der Waals surface area contributed by atoms with Crippen LogP contribution in [0.1, 0.15) is 55.3 Å². The Balaban J connectivity index is 1.85. The zero-order valence-electron chi connectivity index (χ0n) is 11.6. The second-order valence-corrected chi connectivity index (χ2v) is 5.79. The first-order valence-corrected chi connectivity index (χ1v) is 7.57. The van der Waals surface area contributed by atoms with E-state index in [4.69, 9.17) is 4.74 Å². The van der Waals surface area contributed by atoms with E-state index < -0.39 is 0 Å². The Bertz CT molecular complexity index is 521. The lowest BCUT2D eigenvalue weighted by molar-refractivity contribution is -0.125. The molecule has 0 spiro atoms. The Morgan fingerprint density at radius 3 is 2.70 bits per heavy atom. The number of carbonyl (C=O) groups excluding carboxylic acids is 2. The molecule has 2 aliphatic rings. The van der Waals surface area contributed by atoms with E-state index in [1.807, 2.05) is 24.3 Å². The van der Waals surface area contributed by atoms with Crippen LogP contribution in [-0.4, -0.2) is 17.7 Å². The molecule has 1 aromatic carbocycles. The molecule has 0 amide bonds. The number of ether oxygens (including phenoxy) is 1. The van der Waals surface area contributed by atoms with Gasteiger partial charge >= 0.3 is 0 Å². The highest BCUT2D eigenvalue weighted by molar-refractivity contribution is 5.99. The molecular formula is C17H20O3. The van der Waals surface area contributed by atoms with Crippen molar-refractivity contribution < 1.29 is 14.3 Å². The van der Waals surface area contributed by atoms with Crippen LogP contribution in [0.5, 0.6) is 5.75 Å². The van der Waals surface area contributed by atoms with Gasteiger partial charge in [-0.1, -0.05) is 25.0 Å². The molecule has 3 rings (SSSR count). The van der Waals surface area contributed by atoms with Gasteiger partial charge in [-0.25, -0.2) is 0 Å². The molecule has 2 atom stereocenters. The quantitative estimate of drug-likeness (QED) is 0.734. The zero-order chi connectivity index (χ0) is 13.9. The fourth-order valence-corrected chi connectivity index (χ4v) is 3.29. The first kappa shape index (κ1) is 13.3. The highest BCUT2D eigenvalue weighted by Gasteiger charge is 2.33. The van der Waals surface area contributed by atoms with Gasteiger partial charge in [0.15, 0.2) is 5.78 Å². The summed E-state index contributed by atoms with van der Waals surface area (Å²) in [6.45, 7) is 0. The summed E-state index contributed by atoms with van der Waals surface area (Å²) >= 11 is 0. The molecule has 3 nitrogen and oxygen atoms in total. The monoisotopic (exact) mass is 272 g/mol. The number of Topliss-reactive ketones (excluding diaryl/α,β-unsaturated/α-hetero) is 2. The third-order valence-electron chi connectivity index (χ3n) is 4.42. The van der Waals surface area contributed by atoms with Crippen molar-refractivity contribution in [2.24, 2.45) is 5.92 Å². The Labute approximate surface area is 119 Å². The highest BCUT2D eigenvalue weighted by Crippen LogP contribution is 2.33. The molecule has 20 heavy (non-hydrogen) atoms. The average Bonchev–Trinajstić information content (AvgIpc) is 2.76. The molecule has 2 unspecified atom stereocenters. The van der Waals surface area contributed by atoms with Gasteiger partial charge in [0, 0.05) is 12.8 Å². The van der Waals surface area contributed by atoms with Gasteiger partial charge in [0.2, 0.25) is 0 Å². The van der Waals surface area contributed by atoms with Crippen LogP contribution in [0.4, 0.5) is 0 Å². The van der Waals surface area contributed by atoms with Crippen LogP contribution in [0, 0.1) is 5.92 Å². The molecule has 1 aliphatic heterocycles. The third-order valence-corrected chi connectivity index (χ3v) is 4.42. The van der Waals surface area contributed by atoms with Crippen LogP contribution < -0.4 is 4.74 Å². The van der Waals surface area contributed by atoms with Crippen molar-refractivity contribution in [3.8, 4) is 5.75 Å². The van der Waals surface area contributed by atoms with Crippen molar-refractivity contribution in [1.29, 1.82) is 0 Å². The average molecular weight is 272 g/mol. The maximum atomic E-state index is 12.3. The van der Waals surface area contributed by atoms with Crippen molar-refractivity contribution in [2.45, 2.75) is 51.0 Å². The summed E-state index contributed by atoms with van der Waals surface area (Å²) in [4.78, 5) is 24.4. The number of hydrogen-bond acceptors (Lipinski definition) is 3. The predicted molar refractivity (Wildman–Crippen MR) is 76.0 cm³/mol. The molecule has 0 saturated heterocycles. The summed E-state index contributed by atoms with van der Waals surface area (Å²) in [5.41, 5.74) is 0.663. The lowest BCUT2D eigenvalue weighted by Crippen LogP contribution is -2.32. The first-order chi connectivity index (χ1) is 9.75. The van der Waals surface area contributed by atoms with Crippen LogP contribution in [-0.2, 0) is 4.79 Å². The maximum Gasteiger partial charge on any atom is 0.166 e. The molecule has 1 heterocycles. The lowest BCUT2D eigenvalue weighted by atomic mass is 9.89. The molecule has 0 radical (unpaired) electrons. The van der Waals surface area contributed by atoms with Crippen LogP contribution in [0.15, 0.2) is 24.3 Å². The van der Waals surface area contributed by atoms with Gasteiger partial charge in [-0.15, -0.1) is 0 Å². The summed E-state index contributed by atoms with van der Waals surface area (Å²) in [6, 6.07) is 7.39. The normalized spacial score (nSPS) is 27.2. The van der Waals surface area contributed by atoms with Crippen LogP contribution >= 0.6 is 0 Å². The van der Waals surface area contributed by atoms with Crippen molar-refractivity contribution in [3.63, 3.8) is 0 Å². The summed E-state index contributed by atoms with van der Waals surface area (Å²) in [6.07, 6.45) is 5.79. The molecule has 1 saturated carbocycles. The van der Waals surface area contributed by atoms with Gasteiger partial charge in [0.05, 0.1) is 11.5 Å². The van der Waals surface area contributed by atoms with E-state index in [9.17, 15) is 9.59 Å². The number of rotatable bonds is 1. The summed E-state index contributed by atoms with van der Waals surface area (Å²) in [5, 5.41) is 0. The molecule has 3 heteroatoms. The summed E-state index contributed by atoms with van der Waals surface area (Å²) in [5.74, 6) is 1.07. The van der Waals surface area contributed by atoms with Gasteiger partial charge in [0.1, 0.15) is 17.6 Å². The Morgan fingerprint density at radius 1 is 0.950 bits per heavy atom. The molecule has 1 aromatic rings. The Kier molecular flexibility index (Phi) is 3.86. The van der Waals surface area contributed by atoms with E-state index in [-0.39, 0.29) is 17.8 Å². The molecule has 0 N–H and O–H groups in total. The minimum atomic E-state index is -0.131. The molecule has 106 valence electrons. The van der Waals surface area contributed by atoms with Gasteiger partial charge in [0.25, 0.3) is 0 Å². The molecular weight excluding hydrogens is 252 g/mol. The second kappa shape index (κ2) is 5.78. The number of ketones is 2. The van der Waals surface area contributed by atoms with Gasteiger partial charge in [-0.2, -0.15) is 0 Å². The van der Waals surface area contributed by atoms with E-state index in [0.29, 0.717) is 36.4 Å². The number of para-hydroxylation sites is 1. The second-order valence-electron chi connectivity index (χ2n) is 5.79. The fourth-order valence-electron chi connectivity index (χ4n) is 3.29. The number of carbonyl (C=O) groups is 2. The minimum absolute atomic E-state index is 0.0311. The number of fused-ring (bicyclic) bond motifs is 1. The third kappa shape index (κ3) is 2.62. The van der Waals surface area contributed by atoms with Crippen LogP contribution in [0.2, 0.25) is 0 Å². The Hall–Kier alpha value is -1.64. The molecule has 0 aromatic heterocycles. The molecule has 1 fully saturated rings. The topological polar surface area (TPSA) is 43.4 Å². The van der Waals surface area contributed by atoms with Crippen molar-refractivity contribution >= 4 is 11.6 Å². The molecule has 1 aliphatic carbocycles. The lowest BCUT2D eigenvalue weighted by Gasteiger charge is -2.24. The van der Waals surface area contributed by atoms with Crippen molar-refractivity contribution in [3.05, 3.63) is 29.8 Å². The SMILES string of the molecule is O=C1CCC(C2CCCCCC2=O)Oc2ccccc21. The smallest absolute Gasteiger partial charge is 0.166 e. The largest absolute Gasteiger partial charge is 0.489 e. The summed E-state index contributed by atoms with van der Waals surface area (Å²) < 4.78 is 6.05. The van der Waals surface area contributed by atoms with E-state index in [2.05, 4.69) is 0 Å². The van der Waals surface area contributed by atoms with Gasteiger partial charge in [-0.05, 0) is 31.4 Å². The standard InChI is InChI=1S/C17H20O3/c18-14-8-3-1-2-6-12(14)17-11-10-15(19)13-7-4-5-9-16(13)20-17/h4-5,7,9,12,17H,1-3,6,8,10-11H2. The van der Waals surface area contributed by atoms with Crippen molar-refractivity contribution in [1.82, 2.24) is 0 Å². The Morgan fingerprint density at radius 2 is 1.80 bits per heavy atom. The summed E-state index contributed by atoms with van der Waals surface area (Å²) in [7, 11) is 0. The molecule has 0 bridgehead atoms. The van der Waals surface area contributed by atoms with Crippen LogP contribution in [0.25, 0.3) is 0 Å². The number of hydrogen-bond donors (Lipinski definition) is 0. The predicted octanol–water partition coefficient (Wildman–Crippen LogP) is 3.56. The first-order valence-electron chi connectivity index (χ1n) is 7.57. The van der Waals surface area contributed by atoms with E-state index in [0.717, 1.165) is 25.7 Å². The van der Waals surface area contributed by atoms with E-state index >= 15 is 0 Å². The number of benzene rings is 1. The minimum Gasteiger partial charge on any atom is -0.489 e. The van der Waals surface area contributed by atoms with Gasteiger partial charge < -0.3 is 4.74 Å². The fraction of sp³-hybridized carbons (Fsp3) is 0.529. The highest BCUT2D eigenvalue weighted by atomic mass is 16.5. The van der Waals surface area contributed by atoms with E-state index in [1.54, 1.807) is 0 Å². The zero-order valence-corrected chi connectivity index (χ0v) is 11.6.